The molecule has 26 heavy (non-hydrogen) atoms. The smallest absolute Gasteiger partial charge is 0.328 e. The lowest BCUT2D eigenvalue weighted by atomic mass is 10.2. The van der Waals surface area contributed by atoms with Crippen LogP contribution in [-0.4, -0.2) is 32.6 Å². The molecule has 152 valence electrons. The third-order valence-corrected chi connectivity index (χ3v) is 11.5. The van der Waals surface area contributed by atoms with Crippen LogP contribution in [0.3, 0.4) is 0 Å². The lowest BCUT2D eigenvalue weighted by Crippen LogP contribution is -2.38. The lowest BCUT2D eigenvalue weighted by Gasteiger charge is -2.32. The predicted molar refractivity (Wildman–Crippen MR) is 111 cm³/mol. The number of carbonyl (C=O) groups is 2. The molecule has 0 aliphatic carbocycles. The van der Waals surface area contributed by atoms with Gasteiger partial charge < -0.3 is 10.1 Å². The summed E-state index contributed by atoms with van der Waals surface area (Å²) in [6, 6.07) is 5.40. The van der Waals surface area contributed by atoms with Crippen molar-refractivity contribution in [3.8, 4) is 0 Å². The molecule has 1 heterocycles. The molecule has 1 aliphatic heterocycles. The van der Waals surface area contributed by atoms with E-state index in [1.165, 1.54) is 69.1 Å². The van der Waals surface area contributed by atoms with E-state index in [1.54, 1.807) is 0 Å². The van der Waals surface area contributed by atoms with Gasteiger partial charge in [0, 0.05) is 12.8 Å². The van der Waals surface area contributed by atoms with Gasteiger partial charge in [-0.25, -0.2) is 4.79 Å². The SMILES string of the molecule is CCCC[Si](CCCC)(CCCC)CCCCC(=O)N[C@H]1CCOC1=O. The summed E-state index contributed by atoms with van der Waals surface area (Å²) in [5, 5.41) is 2.83. The van der Waals surface area contributed by atoms with Crippen LogP contribution in [0.15, 0.2) is 0 Å². The van der Waals surface area contributed by atoms with Crippen molar-refractivity contribution in [3.05, 3.63) is 0 Å². The van der Waals surface area contributed by atoms with E-state index < -0.39 is 14.1 Å². The van der Waals surface area contributed by atoms with Crippen LogP contribution in [-0.2, 0) is 14.3 Å². The van der Waals surface area contributed by atoms with E-state index in [1.807, 2.05) is 0 Å². The Bertz CT molecular complexity index is 392. The van der Waals surface area contributed by atoms with Crippen molar-refractivity contribution in [1.29, 1.82) is 0 Å². The van der Waals surface area contributed by atoms with Gasteiger partial charge in [0.15, 0.2) is 0 Å². The van der Waals surface area contributed by atoms with Crippen molar-refractivity contribution in [2.45, 2.75) is 115 Å². The van der Waals surface area contributed by atoms with Crippen molar-refractivity contribution in [1.82, 2.24) is 5.32 Å². The highest BCUT2D eigenvalue weighted by Gasteiger charge is 2.30. The molecule has 5 heteroatoms. The molecule has 1 aliphatic rings. The Morgan fingerprint density at radius 1 is 0.962 bits per heavy atom. The molecule has 1 N–H and O–H groups in total. The van der Waals surface area contributed by atoms with E-state index in [2.05, 4.69) is 26.1 Å². The molecule has 0 aromatic carbocycles. The molecular weight excluding hydrogens is 342 g/mol. The number of hydrogen-bond acceptors (Lipinski definition) is 3. The fourth-order valence-electron chi connectivity index (χ4n) is 4.08. The average Bonchev–Trinajstić information content (AvgIpc) is 3.04. The maximum atomic E-state index is 12.1. The second-order valence-corrected chi connectivity index (χ2v) is 13.1. The zero-order valence-electron chi connectivity index (χ0n) is 17.4. The second-order valence-electron chi connectivity index (χ2n) is 8.09. The van der Waals surface area contributed by atoms with Gasteiger partial charge in [-0.3, -0.25) is 4.79 Å². The maximum Gasteiger partial charge on any atom is 0.328 e. The number of ether oxygens (including phenoxy) is 1. The molecule has 1 rings (SSSR count). The highest BCUT2D eigenvalue weighted by molar-refractivity contribution is 6.79. The van der Waals surface area contributed by atoms with Crippen LogP contribution < -0.4 is 5.32 Å². The monoisotopic (exact) mass is 383 g/mol. The van der Waals surface area contributed by atoms with Gasteiger partial charge in [0.2, 0.25) is 5.91 Å². The van der Waals surface area contributed by atoms with Gasteiger partial charge in [0.25, 0.3) is 0 Å². The number of esters is 1. The zero-order chi connectivity index (χ0) is 19.3. The minimum atomic E-state index is -1.18. The summed E-state index contributed by atoms with van der Waals surface area (Å²) in [4.78, 5) is 23.5. The molecule has 1 amide bonds. The van der Waals surface area contributed by atoms with Crippen molar-refractivity contribution >= 4 is 20.0 Å². The fraction of sp³-hybridized carbons (Fsp3) is 0.905. The number of hydrogen-bond donors (Lipinski definition) is 1. The summed E-state index contributed by atoms with van der Waals surface area (Å²) < 4.78 is 4.90. The van der Waals surface area contributed by atoms with E-state index >= 15 is 0 Å². The molecule has 0 radical (unpaired) electrons. The van der Waals surface area contributed by atoms with Gasteiger partial charge in [0.05, 0.1) is 14.7 Å². The Hall–Kier alpha value is -0.843. The summed E-state index contributed by atoms with van der Waals surface area (Å²) in [6.45, 7) is 7.34. The number of amides is 1. The Labute approximate surface area is 161 Å². The van der Waals surface area contributed by atoms with Crippen molar-refractivity contribution in [3.63, 3.8) is 0 Å². The number of nitrogens with one attached hydrogen (secondary N) is 1. The number of rotatable bonds is 15. The largest absolute Gasteiger partial charge is 0.464 e. The normalized spacial score (nSPS) is 17.3. The van der Waals surface area contributed by atoms with E-state index in [0.29, 0.717) is 19.4 Å². The van der Waals surface area contributed by atoms with Crippen LogP contribution in [0.5, 0.6) is 0 Å². The van der Waals surface area contributed by atoms with E-state index in [-0.39, 0.29) is 11.9 Å². The summed E-state index contributed by atoms with van der Waals surface area (Å²) in [5.41, 5.74) is 0. The van der Waals surface area contributed by atoms with Crippen LogP contribution in [0.1, 0.15) is 85.0 Å². The zero-order valence-corrected chi connectivity index (χ0v) is 18.4. The quantitative estimate of drug-likeness (QED) is 0.233. The van der Waals surface area contributed by atoms with Gasteiger partial charge in [-0.2, -0.15) is 0 Å². The Balaban J connectivity index is 2.42. The van der Waals surface area contributed by atoms with Gasteiger partial charge in [-0.1, -0.05) is 89.9 Å². The Morgan fingerprint density at radius 3 is 1.96 bits per heavy atom. The predicted octanol–water partition coefficient (Wildman–Crippen LogP) is 5.44. The lowest BCUT2D eigenvalue weighted by molar-refractivity contribution is -0.141. The Kier molecular flexibility index (Phi) is 11.9. The molecule has 1 fully saturated rings. The van der Waals surface area contributed by atoms with Crippen molar-refractivity contribution < 1.29 is 14.3 Å². The minimum Gasteiger partial charge on any atom is -0.464 e. The highest BCUT2D eigenvalue weighted by atomic mass is 28.3. The van der Waals surface area contributed by atoms with Crippen LogP contribution in [0.25, 0.3) is 0 Å². The summed E-state index contributed by atoms with van der Waals surface area (Å²) in [5.74, 6) is -0.264. The molecule has 0 bridgehead atoms. The second kappa shape index (κ2) is 13.3. The molecular formula is C21H41NO3Si. The minimum absolute atomic E-state index is 0.0109. The fourth-order valence-corrected chi connectivity index (χ4v) is 9.89. The molecule has 1 saturated heterocycles. The van der Waals surface area contributed by atoms with Crippen LogP contribution in [0.2, 0.25) is 24.2 Å². The van der Waals surface area contributed by atoms with Crippen LogP contribution in [0, 0.1) is 0 Å². The van der Waals surface area contributed by atoms with Gasteiger partial charge in [-0.15, -0.1) is 0 Å². The first-order chi connectivity index (χ1) is 12.6. The molecule has 0 aromatic heterocycles. The van der Waals surface area contributed by atoms with Crippen molar-refractivity contribution in [2.75, 3.05) is 6.61 Å². The molecule has 4 nitrogen and oxygen atoms in total. The first kappa shape index (κ1) is 23.2. The molecule has 1 atom stereocenters. The molecule has 0 spiro atoms. The molecule has 0 saturated carbocycles. The van der Waals surface area contributed by atoms with Gasteiger partial charge >= 0.3 is 5.97 Å². The van der Waals surface area contributed by atoms with Gasteiger partial charge in [0.1, 0.15) is 6.04 Å². The third-order valence-electron chi connectivity index (χ3n) is 5.81. The number of carbonyl (C=O) groups excluding carboxylic acids is 2. The third kappa shape index (κ3) is 8.70. The maximum absolute atomic E-state index is 12.1. The topological polar surface area (TPSA) is 55.4 Å². The van der Waals surface area contributed by atoms with E-state index in [9.17, 15) is 9.59 Å². The first-order valence-corrected chi connectivity index (χ1v) is 13.9. The van der Waals surface area contributed by atoms with Gasteiger partial charge in [-0.05, 0) is 6.42 Å². The highest BCUT2D eigenvalue weighted by Crippen LogP contribution is 2.33. The average molecular weight is 384 g/mol. The van der Waals surface area contributed by atoms with E-state index in [4.69, 9.17) is 4.74 Å². The summed E-state index contributed by atoms with van der Waals surface area (Å²) in [7, 11) is -1.18. The standard InChI is InChI=1S/C21H41NO3Si/c1-4-7-15-26(16-8-5-2,17-9-6-3)18-11-10-12-20(23)22-19-13-14-25-21(19)24/h19H,4-18H2,1-3H3,(H,22,23)/t19-/m0/s1. The summed E-state index contributed by atoms with van der Waals surface area (Å²) >= 11 is 0. The van der Waals surface area contributed by atoms with E-state index in [0.717, 1.165) is 6.42 Å². The first-order valence-electron chi connectivity index (χ1n) is 11.0. The number of unbranched alkanes of at least 4 members (excludes halogenated alkanes) is 4. The Morgan fingerprint density at radius 2 is 1.50 bits per heavy atom. The van der Waals surface area contributed by atoms with Crippen LogP contribution in [0.4, 0.5) is 0 Å². The molecule has 0 aromatic rings. The van der Waals surface area contributed by atoms with Crippen LogP contribution >= 0.6 is 0 Å². The van der Waals surface area contributed by atoms with Crippen molar-refractivity contribution in [2.24, 2.45) is 0 Å². The molecule has 0 unspecified atom stereocenters. The number of cyclic esters (lactones) is 1. The summed E-state index contributed by atoms with van der Waals surface area (Å²) in [6.07, 6.45) is 11.3.